The summed E-state index contributed by atoms with van der Waals surface area (Å²) in [6.45, 7) is 4.90. The number of ether oxygens (including phenoxy) is 1. The molecule has 2 aromatic carbocycles. The molecule has 148 valence electrons. The van der Waals surface area contributed by atoms with Gasteiger partial charge in [0.25, 0.3) is 0 Å². The predicted molar refractivity (Wildman–Crippen MR) is 108 cm³/mol. The van der Waals surface area contributed by atoms with Crippen LogP contribution in [0, 0.1) is 0 Å². The van der Waals surface area contributed by atoms with Crippen LogP contribution in [0.2, 0.25) is 0 Å². The van der Waals surface area contributed by atoms with E-state index in [1.807, 2.05) is 12.1 Å². The van der Waals surface area contributed by atoms with Gasteiger partial charge < -0.3 is 9.29 Å². The molecule has 0 aromatic heterocycles. The zero-order valence-electron chi connectivity index (χ0n) is 17.1. The Balaban J connectivity index is 0.00000392. The Bertz CT molecular complexity index is 776. The first-order valence-electron chi connectivity index (χ1n) is 9.60. The molecule has 0 heterocycles. The molecule has 28 heavy (non-hydrogen) atoms. The molecule has 0 aliphatic heterocycles. The minimum absolute atomic E-state index is 0. The smallest absolute Gasteiger partial charge is 0.748 e. The topological polar surface area (TPSA) is 66.4 Å². The van der Waals surface area contributed by atoms with Crippen LogP contribution >= 0.6 is 0 Å². The fraction of sp³-hybridized carbons (Fsp3) is 0.455. The third-order valence-electron chi connectivity index (χ3n) is 4.91. The first-order chi connectivity index (χ1) is 12.9. The molecule has 0 fully saturated rings. The molecule has 2 atom stereocenters. The van der Waals surface area contributed by atoms with Crippen LogP contribution in [-0.2, 0) is 10.1 Å². The molecular formula is C22H29NaO4S. The van der Waals surface area contributed by atoms with Crippen molar-refractivity contribution in [3.8, 4) is 5.75 Å². The van der Waals surface area contributed by atoms with E-state index in [2.05, 4.69) is 56.3 Å². The number of benzene rings is 2. The van der Waals surface area contributed by atoms with Crippen molar-refractivity contribution in [3.63, 3.8) is 0 Å². The standard InChI is InChI=1S/C22H30O4S.Na/c1-3-19(21-9-5-4-6-10-21)17-18(2)20-11-13-22(14-12-20)26-15-7-8-16-27(23,24)25;/h4-6,9-14,18-19H,3,7-8,15-17H2,1-2H3,(H,23,24,25);/q;+1/p-1. The van der Waals surface area contributed by atoms with Gasteiger partial charge in [-0.25, -0.2) is 8.42 Å². The van der Waals surface area contributed by atoms with E-state index in [9.17, 15) is 13.0 Å². The Kier molecular flexibility index (Phi) is 11.4. The van der Waals surface area contributed by atoms with Crippen molar-refractivity contribution in [2.45, 2.75) is 51.4 Å². The normalized spacial score (nSPS) is 13.4. The van der Waals surface area contributed by atoms with Crippen LogP contribution in [0.3, 0.4) is 0 Å². The van der Waals surface area contributed by atoms with Gasteiger partial charge in [0.1, 0.15) is 5.75 Å². The van der Waals surface area contributed by atoms with Crippen molar-refractivity contribution in [2.75, 3.05) is 12.4 Å². The SMILES string of the molecule is CCC(CC(C)c1ccc(OCCCCS(=O)(=O)[O-])cc1)c1ccccc1.[Na+]. The molecule has 2 aromatic rings. The molecule has 0 amide bonds. The summed E-state index contributed by atoms with van der Waals surface area (Å²) >= 11 is 0. The monoisotopic (exact) mass is 412 g/mol. The second-order valence-electron chi connectivity index (χ2n) is 7.04. The third-order valence-corrected chi connectivity index (χ3v) is 5.70. The summed E-state index contributed by atoms with van der Waals surface area (Å²) < 4.78 is 37.3. The van der Waals surface area contributed by atoms with Gasteiger partial charge in [-0.2, -0.15) is 0 Å². The predicted octanol–water partition coefficient (Wildman–Crippen LogP) is 2.08. The molecule has 2 rings (SSSR count). The Labute approximate surface area is 191 Å². The molecule has 0 bridgehead atoms. The van der Waals surface area contributed by atoms with E-state index < -0.39 is 10.1 Å². The summed E-state index contributed by atoms with van der Waals surface area (Å²) in [7, 11) is -4.12. The Morgan fingerprint density at radius 3 is 2.18 bits per heavy atom. The van der Waals surface area contributed by atoms with Gasteiger partial charge in [0, 0.05) is 5.75 Å². The summed E-state index contributed by atoms with van der Waals surface area (Å²) in [6, 6.07) is 18.8. The van der Waals surface area contributed by atoms with Crippen molar-refractivity contribution >= 4 is 10.1 Å². The summed E-state index contributed by atoms with van der Waals surface area (Å²) in [5.41, 5.74) is 2.68. The third kappa shape index (κ3) is 9.10. The zero-order chi connectivity index (χ0) is 19.7. The van der Waals surface area contributed by atoms with E-state index in [-0.39, 0.29) is 35.3 Å². The van der Waals surface area contributed by atoms with Crippen molar-refractivity contribution in [1.82, 2.24) is 0 Å². The molecule has 0 radical (unpaired) electrons. The maximum atomic E-state index is 10.6. The van der Waals surface area contributed by atoms with Crippen molar-refractivity contribution in [2.24, 2.45) is 0 Å². The number of rotatable bonds is 11. The van der Waals surface area contributed by atoms with Gasteiger partial charge in [-0.05, 0) is 60.8 Å². The second-order valence-corrected chi connectivity index (χ2v) is 8.56. The van der Waals surface area contributed by atoms with E-state index in [4.69, 9.17) is 4.74 Å². The molecule has 0 saturated heterocycles. The van der Waals surface area contributed by atoms with E-state index in [1.54, 1.807) is 0 Å². The average molecular weight is 413 g/mol. The van der Waals surface area contributed by atoms with Crippen LogP contribution in [0.4, 0.5) is 0 Å². The number of hydrogen-bond acceptors (Lipinski definition) is 4. The number of unbranched alkanes of at least 4 members (excludes halogenated alkanes) is 1. The summed E-state index contributed by atoms with van der Waals surface area (Å²) in [6.07, 6.45) is 3.10. The second kappa shape index (κ2) is 12.7. The minimum atomic E-state index is -4.12. The van der Waals surface area contributed by atoms with E-state index in [0.717, 1.165) is 18.6 Å². The fourth-order valence-electron chi connectivity index (χ4n) is 3.29. The summed E-state index contributed by atoms with van der Waals surface area (Å²) in [4.78, 5) is 0. The summed E-state index contributed by atoms with van der Waals surface area (Å²) in [5.74, 6) is 1.44. The van der Waals surface area contributed by atoms with Gasteiger partial charge in [-0.1, -0.05) is 56.3 Å². The number of hydrogen-bond donors (Lipinski definition) is 0. The van der Waals surface area contributed by atoms with Crippen LogP contribution in [0.25, 0.3) is 0 Å². The van der Waals surface area contributed by atoms with Crippen LogP contribution in [-0.4, -0.2) is 25.3 Å². The van der Waals surface area contributed by atoms with Gasteiger partial charge >= 0.3 is 29.6 Å². The quantitative estimate of drug-likeness (QED) is 0.322. The molecule has 0 N–H and O–H groups in total. The van der Waals surface area contributed by atoms with Crippen molar-refractivity contribution in [3.05, 3.63) is 65.7 Å². The molecule has 0 aliphatic rings. The van der Waals surface area contributed by atoms with E-state index in [1.165, 1.54) is 11.1 Å². The maximum absolute atomic E-state index is 10.6. The molecule has 2 unspecified atom stereocenters. The molecule has 0 spiro atoms. The van der Waals surface area contributed by atoms with Crippen molar-refractivity contribution in [1.29, 1.82) is 0 Å². The van der Waals surface area contributed by atoms with Crippen LogP contribution in [0.1, 0.15) is 62.5 Å². The van der Waals surface area contributed by atoms with Crippen molar-refractivity contribution < 1.29 is 47.3 Å². The van der Waals surface area contributed by atoms with Gasteiger partial charge in [-0.15, -0.1) is 0 Å². The molecule has 0 saturated carbocycles. The fourth-order valence-corrected chi connectivity index (χ4v) is 3.85. The van der Waals surface area contributed by atoms with E-state index in [0.29, 0.717) is 31.3 Å². The van der Waals surface area contributed by atoms with Gasteiger partial charge in [-0.3, -0.25) is 0 Å². The average Bonchev–Trinajstić information content (AvgIpc) is 2.66. The zero-order valence-corrected chi connectivity index (χ0v) is 20.0. The van der Waals surface area contributed by atoms with Crippen LogP contribution in [0.5, 0.6) is 5.75 Å². The minimum Gasteiger partial charge on any atom is -0.748 e. The van der Waals surface area contributed by atoms with Crippen LogP contribution < -0.4 is 34.3 Å². The molecule has 4 nitrogen and oxygen atoms in total. The Hall–Kier alpha value is -0.850. The Morgan fingerprint density at radius 1 is 0.964 bits per heavy atom. The largest absolute Gasteiger partial charge is 1.00 e. The molecular weight excluding hydrogens is 383 g/mol. The van der Waals surface area contributed by atoms with E-state index >= 15 is 0 Å². The first kappa shape index (κ1) is 25.2. The Morgan fingerprint density at radius 2 is 1.61 bits per heavy atom. The molecule has 6 heteroatoms. The van der Waals surface area contributed by atoms with Gasteiger partial charge in [0.05, 0.1) is 16.7 Å². The van der Waals surface area contributed by atoms with Gasteiger partial charge in [0.15, 0.2) is 0 Å². The first-order valence-corrected chi connectivity index (χ1v) is 11.2. The maximum Gasteiger partial charge on any atom is 1.00 e. The molecule has 0 aliphatic carbocycles. The van der Waals surface area contributed by atoms with Crippen LogP contribution in [0.15, 0.2) is 54.6 Å². The summed E-state index contributed by atoms with van der Waals surface area (Å²) in [5, 5.41) is 0. The van der Waals surface area contributed by atoms with Gasteiger partial charge in [0.2, 0.25) is 0 Å².